The summed E-state index contributed by atoms with van der Waals surface area (Å²) in [6.45, 7) is 2.13. The third kappa shape index (κ3) is 3.95. The summed E-state index contributed by atoms with van der Waals surface area (Å²) in [5.41, 5.74) is 1.24. The van der Waals surface area contributed by atoms with E-state index in [0.717, 1.165) is 27.5 Å². The van der Waals surface area contributed by atoms with E-state index in [0.29, 0.717) is 30.4 Å². The highest BCUT2D eigenvalue weighted by atomic mass is 32.2. The van der Waals surface area contributed by atoms with Crippen molar-refractivity contribution in [1.29, 1.82) is 5.26 Å². The van der Waals surface area contributed by atoms with Gasteiger partial charge in [-0.25, -0.2) is 9.97 Å². The van der Waals surface area contributed by atoms with Gasteiger partial charge < -0.3 is 9.73 Å². The van der Waals surface area contributed by atoms with Gasteiger partial charge in [0.2, 0.25) is 17.7 Å². The zero-order valence-electron chi connectivity index (χ0n) is 16.2. The Bertz CT molecular complexity index is 1200. The van der Waals surface area contributed by atoms with Gasteiger partial charge in [-0.3, -0.25) is 4.79 Å². The summed E-state index contributed by atoms with van der Waals surface area (Å²) >= 11 is 3.37. The van der Waals surface area contributed by atoms with Crippen molar-refractivity contribution in [1.82, 2.24) is 25.5 Å². The third-order valence-electron chi connectivity index (χ3n) is 5.06. The predicted octanol–water partition coefficient (Wildman–Crippen LogP) is 3.46. The highest BCUT2D eigenvalue weighted by Gasteiger charge is 2.44. The number of carbonyl (C=O) groups is 1. The molecule has 30 heavy (non-hydrogen) atoms. The number of thiazole rings is 1. The lowest BCUT2D eigenvalue weighted by Crippen LogP contribution is -2.36. The maximum atomic E-state index is 12.1. The Balaban J connectivity index is 1.25. The van der Waals surface area contributed by atoms with Crippen molar-refractivity contribution in [2.24, 2.45) is 0 Å². The van der Waals surface area contributed by atoms with Crippen LogP contribution in [0.25, 0.3) is 10.3 Å². The molecule has 1 unspecified atom stereocenters. The summed E-state index contributed by atoms with van der Waals surface area (Å²) in [7, 11) is 0. The highest BCUT2D eigenvalue weighted by Crippen LogP contribution is 2.43. The molecule has 1 aliphatic carbocycles. The van der Waals surface area contributed by atoms with E-state index in [2.05, 4.69) is 39.6 Å². The van der Waals surface area contributed by atoms with Gasteiger partial charge in [0, 0.05) is 0 Å². The van der Waals surface area contributed by atoms with E-state index in [1.54, 1.807) is 0 Å². The van der Waals surface area contributed by atoms with Crippen molar-refractivity contribution in [2.45, 2.75) is 49.8 Å². The summed E-state index contributed by atoms with van der Waals surface area (Å²) in [4.78, 5) is 23.7. The molecule has 0 bridgehead atoms. The summed E-state index contributed by atoms with van der Waals surface area (Å²) < 4.78 is 5.61. The number of rotatable bonds is 6. The molecule has 0 radical (unpaired) electrons. The van der Waals surface area contributed by atoms with Gasteiger partial charge in [0.25, 0.3) is 0 Å². The second kappa shape index (κ2) is 7.49. The minimum absolute atomic E-state index is 0.0340. The van der Waals surface area contributed by atoms with Crippen LogP contribution in [0.3, 0.4) is 0 Å². The van der Waals surface area contributed by atoms with E-state index < -0.39 is 5.54 Å². The van der Waals surface area contributed by atoms with Gasteiger partial charge in [0.05, 0.1) is 23.4 Å². The average molecular weight is 439 g/mol. The SMILES string of the molecule is CC1=CCC(c2ccc3nc(Cc4nnc(CC(=O)NC5(C#N)CC5)o4)sc3n2)S1. The first-order valence-corrected chi connectivity index (χ1v) is 11.3. The number of aromatic nitrogens is 4. The van der Waals surface area contributed by atoms with Gasteiger partial charge in [0.1, 0.15) is 27.3 Å². The quantitative estimate of drug-likeness (QED) is 0.622. The van der Waals surface area contributed by atoms with Crippen LogP contribution in [0.2, 0.25) is 0 Å². The first kappa shape index (κ1) is 19.2. The Morgan fingerprint density at radius 3 is 2.90 bits per heavy atom. The van der Waals surface area contributed by atoms with E-state index in [-0.39, 0.29) is 18.2 Å². The van der Waals surface area contributed by atoms with Gasteiger partial charge >= 0.3 is 0 Å². The minimum atomic E-state index is -0.696. The maximum absolute atomic E-state index is 12.1. The number of hydrogen-bond donors (Lipinski definition) is 1. The molecule has 2 aliphatic rings. The van der Waals surface area contributed by atoms with Gasteiger partial charge in [-0.15, -0.1) is 22.0 Å². The van der Waals surface area contributed by atoms with Crippen LogP contribution in [0, 0.1) is 11.3 Å². The minimum Gasteiger partial charge on any atom is -0.424 e. The normalized spacial score (nSPS) is 19.5. The van der Waals surface area contributed by atoms with Gasteiger partial charge in [-0.05, 0) is 43.2 Å². The Labute approximate surface area is 180 Å². The molecule has 1 amide bonds. The van der Waals surface area contributed by atoms with Crippen LogP contribution in [0.4, 0.5) is 0 Å². The second-order valence-corrected chi connectivity index (χ2v) is 10.0. The number of amides is 1. The number of allylic oxidation sites excluding steroid dienone is 2. The largest absolute Gasteiger partial charge is 0.424 e. The molecule has 1 aliphatic heterocycles. The fourth-order valence-corrected chi connectivity index (χ4v) is 5.32. The molecule has 3 aromatic heterocycles. The lowest BCUT2D eigenvalue weighted by atomic mass is 10.2. The number of nitrogens with zero attached hydrogens (tertiary/aromatic N) is 5. The van der Waals surface area contributed by atoms with Gasteiger partial charge in [-0.2, -0.15) is 5.26 Å². The molecule has 4 heterocycles. The zero-order valence-corrected chi connectivity index (χ0v) is 17.8. The monoisotopic (exact) mass is 438 g/mol. The number of pyridine rings is 1. The molecule has 152 valence electrons. The van der Waals surface area contributed by atoms with E-state index in [9.17, 15) is 4.79 Å². The van der Waals surface area contributed by atoms with Crippen LogP contribution in [-0.4, -0.2) is 31.6 Å². The molecule has 1 N–H and O–H groups in total. The van der Waals surface area contributed by atoms with E-state index in [4.69, 9.17) is 14.7 Å². The Hall–Kier alpha value is -2.77. The highest BCUT2D eigenvalue weighted by molar-refractivity contribution is 8.03. The number of nitrogens with one attached hydrogen (secondary N) is 1. The molecule has 10 heteroatoms. The molecule has 1 saturated carbocycles. The number of carbonyl (C=O) groups excluding carboxylic acids is 1. The molecular weight excluding hydrogens is 420 g/mol. The van der Waals surface area contributed by atoms with Gasteiger partial charge in [-0.1, -0.05) is 17.4 Å². The lowest BCUT2D eigenvalue weighted by Gasteiger charge is -2.07. The molecule has 0 aromatic carbocycles. The third-order valence-corrected chi connectivity index (χ3v) is 7.29. The van der Waals surface area contributed by atoms with Gasteiger partial charge in [0.15, 0.2) is 0 Å². The molecule has 8 nitrogen and oxygen atoms in total. The second-order valence-electron chi connectivity index (χ2n) is 7.51. The zero-order chi connectivity index (χ0) is 20.7. The summed E-state index contributed by atoms with van der Waals surface area (Å²) in [5, 5.41) is 21.0. The standard InChI is InChI=1S/C20H18N6O2S2/c1-11-2-5-14(29-11)12-3-4-13-19(23-12)30-18(22-13)9-17-26-25-16(28-17)8-15(27)24-20(10-21)6-7-20/h2-4,14H,5-9H2,1H3,(H,24,27). The Morgan fingerprint density at radius 2 is 2.17 bits per heavy atom. The topological polar surface area (TPSA) is 118 Å². The van der Waals surface area contributed by atoms with Crippen LogP contribution in [0.5, 0.6) is 0 Å². The average Bonchev–Trinajstić information content (AvgIpc) is 3.05. The van der Waals surface area contributed by atoms with E-state index in [1.807, 2.05) is 23.9 Å². The number of nitriles is 1. The Morgan fingerprint density at radius 1 is 1.33 bits per heavy atom. The van der Waals surface area contributed by atoms with Crippen molar-refractivity contribution in [3.63, 3.8) is 0 Å². The molecule has 1 atom stereocenters. The molecule has 3 aromatic rings. The smallest absolute Gasteiger partial charge is 0.230 e. The molecule has 0 saturated heterocycles. The number of thioether (sulfide) groups is 1. The van der Waals surface area contributed by atoms with Crippen molar-refractivity contribution in [3.05, 3.63) is 45.6 Å². The van der Waals surface area contributed by atoms with E-state index >= 15 is 0 Å². The summed E-state index contributed by atoms with van der Waals surface area (Å²) in [5.74, 6) is 0.360. The van der Waals surface area contributed by atoms with Crippen molar-refractivity contribution in [3.8, 4) is 6.07 Å². The van der Waals surface area contributed by atoms with Crippen molar-refractivity contribution < 1.29 is 9.21 Å². The molecule has 1 fully saturated rings. The first-order chi connectivity index (χ1) is 14.5. The molecule has 0 spiro atoms. The van der Waals surface area contributed by atoms with Crippen molar-refractivity contribution in [2.75, 3.05) is 0 Å². The summed E-state index contributed by atoms with van der Waals surface area (Å²) in [6.07, 6.45) is 4.99. The van der Waals surface area contributed by atoms with Crippen LogP contribution < -0.4 is 5.32 Å². The maximum Gasteiger partial charge on any atom is 0.230 e. The van der Waals surface area contributed by atoms with Crippen LogP contribution >= 0.6 is 23.1 Å². The van der Waals surface area contributed by atoms with Crippen molar-refractivity contribution >= 4 is 39.4 Å². The lowest BCUT2D eigenvalue weighted by molar-refractivity contribution is -0.121. The molecule has 5 rings (SSSR count). The predicted molar refractivity (Wildman–Crippen MR) is 113 cm³/mol. The fraction of sp³-hybridized carbons (Fsp3) is 0.400. The molecular formula is C20H18N6O2S2. The number of hydrogen-bond acceptors (Lipinski definition) is 9. The summed E-state index contributed by atoms with van der Waals surface area (Å²) in [6, 6.07) is 6.19. The van der Waals surface area contributed by atoms with Crippen LogP contribution in [-0.2, 0) is 17.6 Å². The Kier molecular flexibility index (Phi) is 4.79. The fourth-order valence-electron chi connectivity index (χ4n) is 3.30. The van der Waals surface area contributed by atoms with Crippen LogP contribution in [0.1, 0.15) is 53.9 Å². The van der Waals surface area contributed by atoms with E-state index in [1.165, 1.54) is 16.2 Å². The number of fused-ring (bicyclic) bond motifs is 1. The first-order valence-electron chi connectivity index (χ1n) is 9.65. The van der Waals surface area contributed by atoms with Crippen LogP contribution in [0.15, 0.2) is 27.5 Å².